The minimum Gasteiger partial charge on any atom is -0.496 e. The fraction of sp³-hybridized carbons (Fsp3) is 0.0909. The summed E-state index contributed by atoms with van der Waals surface area (Å²) in [5, 5.41) is 0.610. The first-order valence-electron chi connectivity index (χ1n) is 4.61. The predicted octanol–water partition coefficient (Wildman–Crippen LogP) is 2.39. The molecule has 2 rings (SSSR count). The monoisotopic (exact) mass is 235 g/mol. The predicted molar refractivity (Wildman–Crippen MR) is 63.4 cm³/mol. The summed E-state index contributed by atoms with van der Waals surface area (Å²) < 4.78 is 5.24. The lowest BCUT2D eigenvalue weighted by Crippen LogP contribution is -1.96. The van der Waals surface area contributed by atoms with Crippen LogP contribution in [0.15, 0.2) is 30.7 Å². The lowest BCUT2D eigenvalue weighted by Gasteiger charge is -2.09. The van der Waals surface area contributed by atoms with Crippen LogP contribution in [0, 0.1) is 0 Å². The molecular formula is C11H10ClN3O. The molecule has 82 valence electrons. The number of hydrogen-bond donors (Lipinski definition) is 1. The van der Waals surface area contributed by atoms with E-state index in [-0.39, 0.29) is 0 Å². The van der Waals surface area contributed by atoms with Gasteiger partial charge in [0, 0.05) is 22.3 Å². The Hall–Kier alpha value is -1.81. The van der Waals surface area contributed by atoms with Crippen LogP contribution in [0.1, 0.15) is 0 Å². The van der Waals surface area contributed by atoms with Gasteiger partial charge in [-0.2, -0.15) is 0 Å². The van der Waals surface area contributed by atoms with Gasteiger partial charge in [-0.05, 0) is 18.2 Å². The molecule has 0 unspecified atom stereocenters. The zero-order chi connectivity index (χ0) is 11.5. The molecule has 4 nitrogen and oxygen atoms in total. The van der Waals surface area contributed by atoms with E-state index in [1.54, 1.807) is 31.5 Å². The van der Waals surface area contributed by atoms with E-state index in [4.69, 9.17) is 22.1 Å². The molecule has 0 bridgehead atoms. The summed E-state index contributed by atoms with van der Waals surface area (Å²) in [6.45, 7) is 0. The van der Waals surface area contributed by atoms with Gasteiger partial charge in [0.25, 0.3) is 0 Å². The summed E-state index contributed by atoms with van der Waals surface area (Å²) in [7, 11) is 1.59. The van der Waals surface area contributed by atoms with E-state index in [1.807, 2.05) is 0 Å². The number of nitrogens with zero attached hydrogens (tertiary/aromatic N) is 2. The molecule has 2 aromatic rings. The molecule has 0 aliphatic rings. The van der Waals surface area contributed by atoms with Crippen molar-refractivity contribution in [3.05, 3.63) is 35.7 Å². The van der Waals surface area contributed by atoms with Crippen LogP contribution in [-0.4, -0.2) is 17.1 Å². The molecular weight excluding hydrogens is 226 g/mol. The zero-order valence-corrected chi connectivity index (χ0v) is 9.40. The molecule has 5 heteroatoms. The van der Waals surface area contributed by atoms with Gasteiger partial charge in [-0.15, -0.1) is 0 Å². The van der Waals surface area contributed by atoms with Crippen molar-refractivity contribution in [2.45, 2.75) is 0 Å². The Kier molecular flexibility index (Phi) is 2.92. The van der Waals surface area contributed by atoms with Crippen molar-refractivity contribution in [3.63, 3.8) is 0 Å². The van der Waals surface area contributed by atoms with Crippen LogP contribution in [-0.2, 0) is 0 Å². The Morgan fingerprint density at radius 2 is 2.12 bits per heavy atom. The van der Waals surface area contributed by atoms with Crippen LogP contribution in [0.2, 0.25) is 5.02 Å². The number of aromatic nitrogens is 2. The van der Waals surface area contributed by atoms with Gasteiger partial charge >= 0.3 is 0 Å². The number of nitrogens with two attached hydrogens (primary N) is 1. The quantitative estimate of drug-likeness (QED) is 0.868. The average Bonchev–Trinajstić information content (AvgIpc) is 2.29. The minimum absolute atomic E-state index is 0.399. The smallest absolute Gasteiger partial charge is 0.134 e. The van der Waals surface area contributed by atoms with Gasteiger partial charge in [0.05, 0.1) is 7.11 Å². The largest absolute Gasteiger partial charge is 0.496 e. The third-order valence-corrected chi connectivity index (χ3v) is 2.43. The maximum Gasteiger partial charge on any atom is 0.134 e. The molecule has 0 saturated carbocycles. The van der Waals surface area contributed by atoms with Crippen LogP contribution in [0.4, 0.5) is 5.82 Å². The van der Waals surface area contributed by atoms with Crippen molar-refractivity contribution < 1.29 is 4.74 Å². The summed E-state index contributed by atoms with van der Waals surface area (Å²) in [6, 6.07) is 5.31. The van der Waals surface area contributed by atoms with Crippen LogP contribution in [0.5, 0.6) is 5.75 Å². The fourth-order valence-electron chi connectivity index (χ4n) is 1.44. The maximum absolute atomic E-state index is 5.94. The van der Waals surface area contributed by atoms with E-state index >= 15 is 0 Å². The molecule has 1 aromatic heterocycles. The molecule has 0 radical (unpaired) electrons. The second-order valence-electron chi connectivity index (χ2n) is 3.17. The van der Waals surface area contributed by atoms with Crippen molar-refractivity contribution in [1.29, 1.82) is 0 Å². The maximum atomic E-state index is 5.94. The number of hydrogen-bond acceptors (Lipinski definition) is 4. The van der Waals surface area contributed by atoms with Crippen molar-refractivity contribution >= 4 is 17.4 Å². The highest BCUT2D eigenvalue weighted by molar-refractivity contribution is 6.31. The third kappa shape index (κ3) is 1.92. The van der Waals surface area contributed by atoms with Crippen LogP contribution >= 0.6 is 11.6 Å². The van der Waals surface area contributed by atoms with E-state index < -0.39 is 0 Å². The number of benzene rings is 1. The summed E-state index contributed by atoms with van der Waals surface area (Å²) in [5.74, 6) is 1.08. The molecule has 0 spiro atoms. The van der Waals surface area contributed by atoms with E-state index in [2.05, 4.69) is 9.97 Å². The van der Waals surface area contributed by atoms with E-state index in [0.717, 1.165) is 5.56 Å². The van der Waals surface area contributed by atoms with Gasteiger partial charge in [0.1, 0.15) is 17.9 Å². The van der Waals surface area contributed by atoms with E-state index in [0.29, 0.717) is 22.2 Å². The topological polar surface area (TPSA) is 61.0 Å². The number of rotatable bonds is 2. The molecule has 0 aliphatic carbocycles. The lowest BCUT2D eigenvalue weighted by atomic mass is 10.1. The number of nitrogen functional groups attached to an aromatic ring is 1. The van der Waals surface area contributed by atoms with Crippen molar-refractivity contribution in [1.82, 2.24) is 9.97 Å². The van der Waals surface area contributed by atoms with Gasteiger partial charge in [0.15, 0.2) is 0 Å². The molecule has 0 saturated heterocycles. The lowest BCUT2D eigenvalue weighted by molar-refractivity contribution is 0.416. The first kappa shape index (κ1) is 10.7. The average molecular weight is 236 g/mol. The summed E-state index contributed by atoms with van der Waals surface area (Å²) in [4.78, 5) is 7.87. The van der Waals surface area contributed by atoms with E-state index in [9.17, 15) is 0 Å². The number of ether oxygens (including phenoxy) is 1. The summed E-state index contributed by atoms with van der Waals surface area (Å²) in [6.07, 6.45) is 3.03. The molecule has 0 amide bonds. The van der Waals surface area contributed by atoms with Gasteiger partial charge in [-0.1, -0.05) is 11.6 Å². The molecule has 1 heterocycles. The van der Waals surface area contributed by atoms with Crippen molar-refractivity contribution in [2.24, 2.45) is 0 Å². The highest BCUT2D eigenvalue weighted by Crippen LogP contribution is 2.34. The molecule has 2 N–H and O–H groups in total. The van der Waals surface area contributed by atoms with Crippen LogP contribution in [0.3, 0.4) is 0 Å². The SMILES string of the molecule is COc1ccc(Cl)cc1-c1cncnc1N. The van der Waals surface area contributed by atoms with Crippen LogP contribution < -0.4 is 10.5 Å². The Balaban J connectivity index is 2.63. The zero-order valence-electron chi connectivity index (χ0n) is 8.64. The molecule has 16 heavy (non-hydrogen) atoms. The molecule has 0 atom stereocenters. The first-order valence-corrected chi connectivity index (χ1v) is 4.99. The first-order chi connectivity index (χ1) is 7.72. The number of methoxy groups -OCH3 is 1. The second-order valence-corrected chi connectivity index (χ2v) is 3.60. The summed E-state index contributed by atoms with van der Waals surface area (Å²) in [5.41, 5.74) is 7.27. The van der Waals surface area contributed by atoms with Crippen molar-refractivity contribution in [2.75, 3.05) is 12.8 Å². The summed E-state index contributed by atoms with van der Waals surface area (Å²) >= 11 is 5.94. The standard InChI is InChI=1S/C11H10ClN3O/c1-16-10-3-2-7(12)4-8(10)9-5-14-6-15-11(9)13/h2-6H,1H3,(H2,13,14,15). The number of anilines is 1. The van der Waals surface area contributed by atoms with Gasteiger partial charge < -0.3 is 10.5 Å². The Bertz CT molecular complexity index is 516. The van der Waals surface area contributed by atoms with Gasteiger partial charge in [-0.3, -0.25) is 0 Å². The van der Waals surface area contributed by atoms with Crippen molar-refractivity contribution in [3.8, 4) is 16.9 Å². The highest BCUT2D eigenvalue weighted by Gasteiger charge is 2.10. The number of halogens is 1. The highest BCUT2D eigenvalue weighted by atomic mass is 35.5. The molecule has 0 fully saturated rings. The Labute approximate surface area is 98.0 Å². The Morgan fingerprint density at radius 3 is 2.81 bits per heavy atom. The van der Waals surface area contributed by atoms with Crippen LogP contribution in [0.25, 0.3) is 11.1 Å². The Morgan fingerprint density at radius 1 is 1.31 bits per heavy atom. The van der Waals surface area contributed by atoms with E-state index in [1.165, 1.54) is 6.33 Å². The fourth-order valence-corrected chi connectivity index (χ4v) is 1.61. The third-order valence-electron chi connectivity index (χ3n) is 2.19. The normalized spacial score (nSPS) is 10.1. The minimum atomic E-state index is 0.399. The molecule has 1 aromatic carbocycles. The van der Waals surface area contributed by atoms with Gasteiger partial charge in [-0.25, -0.2) is 9.97 Å². The molecule has 0 aliphatic heterocycles. The van der Waals surface area contributed by atoms with Gasteiger partial charge in [0.2, 0.25) is 0 Å². The second kappa shape index (κ2) is 4.37.